The molecule has 0 aliphatic heterocycles. The summed E-state index contributed by atoms with van der Waals surface area (Å²) in [6.07, 6.45) is -7.24. The fraction of sp³-hybridized carbons (Fsp3) is 0.364. The summed E-state index contributed by atoms with van der Waals surface area (Å²) in [5, 5.41) is 0.124. The zero-order valence-corrected chi connectivity index (χ0v) is 17.0. The first-order valence-electron chi connectivity index (χ1n) is 9.31. The normalized spacial score (nSPS) is 12.9. The van der Waals surface area contributed by atoms with Gasteiger partial charge in [-0.3, -0.25) is 9.63 Å². The van der Waals surface area contributed by atoms with Crippen LogP contribution >= 0.6 is 0 Å². The quantitative estimate of drug-likeness (QED) is 0.432. The Morgan fingerprint density at radius 1 is 0.933 bits per heavy atom. The van der Waals surface area contributed by atoms with Crippen LogP contribution in [0.25, 0.3) is 0 Å². The van der Waals surface area contributed by atoms with Gasteiger partial charge >= 0.3 is 12.3 Å². The van der Waals surface area contributed by atoms with Crippen LogP contribution in [0.15, 0.2) is 60.7 Å². The van der Waals surface area contributed by atoms with Crippen molar-refractivity contribution in [2.45, 2.75) is 51.6 Å². The summed E-state index contributed by atoms with van der Waals surface area (Å²) in [7, 11) is 0. The van der Waals surface area contributed by atoms with Crippen LogP contribution in [0.3, 0.4) is 0 Å². The van der Waals surface area contributed by atoms with Gasteiger partial charge in [0.2, 0.25) is 0 Å². The monoisotopic (exact) mass is 423 g/mol. The standard InChI is InChI=1S/C22H24F3NO4/c1-21(2,3)30-20(28)26(29-15-16-10-6-4-7-11-16)19(22(23,24)25)14-18(27)17-12-8-5-9-13-17/h4-13,19H,14-15H2,1-3H3/t19-/m0/s1. The molecular weight excluding hydrogens is 399 g/mol. The van der Waals surface area contributed by atoms with Crippen LogP contribution < -0.4 is 0 Å². The lowest BCUT2D eigenvalue weighted by atomic mass is 10.0. The smallest absolute Gasteiger partial charge is 0.435 e. The average molecular weight is 423 g/mol. The minimum atomic E-state index is -4.92. The van der Waals surface area contributed by atoms with E-state index >= 15 is 0 Å². The van der Waals surface area contributed by atoms with Gasteiger partial charge in [0.25, 0.3) is 0 Å². The lowest BCUT2D eigenvalue weighted by molar-refractivity contribution is -0.262. The molecular formula is C22H24F3NO4. The number of ketones is 1. The van der Waals surface area contributed by atoms with E-state index in [0.29, 0.717) is 5.56 Å². The van der Waals surface area contributed by atoms with Gasteiger partial charge in [-0.25, -0.2) is 4.79 Å². The molecule has 0 aromatic heterocycles. The number of rotatable bonds is 7. The van der Waals surface area contributed by atoms with E-state index in [1.54, 1.807) is 48.5 Å². The highest BCUT2D eigenvalue weighted by Gasteiger charge is 2.49. The number of hydrogen-bond donors (Lipinski definition) is 0. The lowest BCUT2D eigenvalue weighted by Gasteiger charge is -2.33. The summed E-state index contributed by atoms with van der Waals surface area (Å²) < 4.78 is 46.8. The number of nitrogens with zero attached hydrogens (tertiary/aromatic N) is 1. The number of alkyl halides is 3. The number of benzene rings is 2. The molecule has 0 saturated carbocycles. The van der Waals surface area contributed by atoms with Crippen molar-refractivity contribution in [1.82, 2.24) is 5.06 Å². The highest BCUT2D eigenvalue weighted by atomic mass is 19.4. The third-order valence-corrected chi connectivity index (χ3v) is 3.92. The molecule has 0 fully saturated rings. The Morgan fingerprint density at radius 2 is 1.47 bits per heavy atom. The Kier molecular flexibility index (Phi) is 7.61. The van der Waals surface area contributed by atoms with Gasteiger partial charge in [0.1, 0.15) is 12.2 Å². The minimum Gasteiger partial charge on any atom is -0.442 e. The maximum absolute atomic E-state index is 13.9. The third-order valence-electron chi connectivity index (χ3n) is 3.92. The fourth-order valence-corrected chi connectivity index (χ4v) is 2.54. The fourth-order valence-electron chi connectivity index (χ4n) is 2.54. The van der Waals surface area contributed by atoms with Crippen molar-refractivity contribution in [2.24, 2.45) is 0 Å². The van der Waals surface area contributed by atoms with Crippen LogP contribution in [0.4, 0.5) is 18.0 Å². The van der Waals surface area contributed by atoms with Crippen molar-refractivity contribution in [3.05, 3.63) is 71.8 Å². The Morgan fingerprint density at radius 3 is 1.97 bits per heavy atom. The number of halogens is 3. The Balaban J connectivity index is 2.30. The second kappa shape index (κ2) is 9.75. The van der Waals surface area contributed by atoms with Crippen molar-refractivity contribution in [3.63, 3.8) is 0 Å². The molecule has 0 aliphatic rings. The van der Waals surface area contributed by atoms with Gasteiger partial charge in [-0.1, -0.05) is 60.7 Å². The topological polar surface area (TPSA) is 55.8 Å². The zero-order valence-electron chi connectivity index (χ0n) is 17.0. The third kappa shape index (κ3) is 7.18. The van der Waals surface area contributed by atoms with Gasteiger partial charge in [-0.05, 0) is 26.3 Å². The Labute approximate surface area is 173 Å². The van der Waals surface area contributed by atoms with Crippen LogP contribution in [0, 0.1) is 0 Å². The molecule has 1 atom stereocenters. The maximum atomic E-state index is 13.9. The largest absolute Gasteiger partial charge is 0.442 e. The molecule has 0 heterocycles. The minimum absolute atomic E-state index is 0.110. The molecule has 0 radical (unpaired) electrons. The number of Topliss-reactive ketones (excluding diaryl/α,β-unsaturated/α-hetero) is 1. The molecule has 1 amide bonds. The zero-order chi connectivity index (χ0) is 22.4. The van der Waals surface area contributed by atoms with Crippen LogP contribution in [-0.4, -0.2) is 34.8 Å². The predicted molar refractivity (Wildman–Crippen MR) is 105 cm³/mol. The van der Waals surface area contributed by atoms with Gasteiger partial charge in [-0.15, -0.1) is 0 Å². The Bertz CT molecular complexity index is 833. The molecule has 0 spiro atoms. The molecule has 30 heavy (non-hydrogen) atoms. The van der Waals surface area contributed by atoms with Crippen LogP contribution in [-0.2, 0) is 16.2 Å². The molecule has 8 heteroatoms. The van der Waals surface area contributed by atoms with Crippen molar-refractivity contribution in [1.29, 1.82) is 0 Å². The summed E-state index contributed by atoms with van der Waals surface area (Å²) in [4.78, 5) is 30.3. The summed E-state index contributed by atoms with van der Waals surface area (Å²) >= 11 is 0. The summed E-state index contributed by atoms with van der Waals surface area (Å²) in [6, 6.07) is 13.5. The van der Waals surface area contributed by atoms with Gasteiger partial charge in [-0.2, -0.15) is 18.2 Å². The SMILES string of the molecule is CC(C)(C)OC(=O)N(OCc1ccccc1)[C@@H](CC(=O)c1ccccc1)C(F)(F)F. The number of carbonyl (C=O) groups excluding carboxylic acids is 2. The first kappa shape index (κ1) is 23.4. The van der Waals surface area contributed by atoms with Crippen molar-refractivity contribution >= 4 is 11.9 Å². The first-order valence-corrected chi connectivity index (χ1v) is 9.31. The number of hydroxylamine groups is 2. The van der Waals surface area contributed by atoms with Gasteiger partial charge in [0.05, 0.1) is 0 Å². The summed E-state index contributed by atoms with van der Waals surface area (Å²) in [5.41, 5.74) is -0.384. The first-order chi connectivity index (χ1) is 14.0. The van der Waals surface area contributed by atoms with Crippen LogP contribution in [0.1, 0.15) is 43.1 Å². The van der Waals surface area contributed by atoms with Gasteiger partial charge < -0.3 is 4.74 Å². The highest BCUT2D eigenvalue weighted by Crippen LogP contribution is 2.30. The average Bonchev–Trinajstić information content (AvgIpc) is 2.66. The molecule has 2 aromatic rings. The lowest BCUT2D eigenvalue weighted by Crippen LogP contribution is -2.51. The maximum Gasteiger partial charge on any atom is 0.435 e. The second-order valence-corrected chi connectivity index (χ2v) is 7.62. The van der Waals surface area contributed by atoms with Gasteiger partial charge in [0, 0.05) is 12.0 Å². The van der Waals surface area contributed by atoms with Crippen molar-refractivity contribution in [2.75, 3.05) is 0 Å². The van der Waals surface area contributed by atoms with Crippen molar-refractivity contribution in [3.8, 4) is 0 Å². The second-order valence-electron chi connectivity index (χ2n) is 7.62. The van der Waals surface area contributed by atoms with E-state index in [1.165, 1.54) is 32.9 Å². The molecule has 5 nitrogen and oxygen atoms in total. The number of ether oxygens (including phenoxy) is 1. The number of hydrogen-bond acceptors (Lipinski definition) is 4. The molecule has 0 N–H and O–H groups in total. The number of carbonyl (C=O) groups is 2. The summed E-state index contributed by atoms with van der Waals surface area (Å²) in [5.74, 6) is -0.769. The van der Waals surface area contributed by atoms with E-state index < -0.39 is 36.1 Å². The summed E-state index contributed by atoms with van der Waals surface area (Å²) in [6.45, 7) is 4.28. The molecule has 162 valence electrons. The molecule has 2 aromatic carbocycles. The Hall–Kier alpha value is -2.87. The van der Waals surface area contributed by atoms with Crippen LogP contribution in [0.2, 0.25) is 0 Å². The van der Waals surface area contributed by atoms with Gasteiger partial charge in [0.15, 0.2) is 11.8 Å². The predicted octanol–water partition coefficient (Wildman–Crippen LogP) is 5.56. The van der Waals surface area contributed by atoms with Crippen molar-refractivity contribution < 1.29 is 32.3 Å². The van der Waals surface area contributed by atoms with E-state index in [-0.39, 0.29) is 17.2 Å². The van der Waals surface area contributed by atoms with E-state index in [4.69, 9.17) is 9.57 Å². The van der Waals surface area contributed by atoms with E-state index in [0.717, 1.165) is 0 Å². The van der Waals surface area contributed by atoms with E-state index in [9.17, 15) is 22.8 Å². The van der Waals surface area contributed by atoms with Crippen LogP contribution in [0.5, 0.6) is 0 Å². The van der Waals surface area contributed by atoms with E-state index in [2.05, 4.69) is 0 Å². The molecule has 0 unspecified atom stereocenters. The number of amides is 1. The molecule has 0 bridgehead atoms. The van der Waals surface area contributed by atoms with E-state index in [1.807, 2.05) is 0 Å². The molecule has 0 saturated heterocycles. The molecule has 0 aliphatic carbocycles. The molecule has 2 rings (SSSR count). The highest BCUT2D eigenvalue weighted by molar-refractivity contribution is 5.96.